The molecule has 0 aliphatic carbocycles. The SMILES string of the molecule is COCCCC(F)(F)C(F)(F)S(=O)(=O)O/N=C(\C#N)c1ccc(OC)cc1. The van der Waals surface area contributed by atoms with Crippen LogP contribution in [0.4, 0.5) is 17.6 Å². The molecular formula is C15H16F4N2O5S. The zero-order valence-corrected chi connectivity index (χ0v) is 15.1. The van der Waals surface area contributed by atoms with Crippen molar-refractivity contribution in [2.24, 2.45) is 5.16 Å². The van der Waals surface area contributed by atoms with Crippen LogP contribution in [0.1, 0.15) is 18.4 Å². The normalized spacial score (nSPS) is 13.1. The van der Waals surface area contributed by atoms with E-state index < -0.39 is 39.8 Å². The molecule has 1 rings (SSSR count). The Morgan fingerprint density at radius 3 is 2.26 bits per heavy atom. The van der Waals surface area contributed by atoms with Crippen molar-refractivity contribution in [2.45, 2.75) is 24.0 Å². The summed E-state index contributed by atoms with van der Waals surface area (Å²) in [6.45, 7) is -0.263. The summed E-state index contributed by atoms with van der Waals surface area (Å²) >= 11 is 0. The number of halogens is 4. The molecule has 0 aliphatic rings. The fourth-order valence-corrected chi connectivity index (χ4v) is 2.52. The molecule has 0 N–H and O–H groups in total. The fraction of sp³-hybridized carbons (Fsp3) is 0.467. The average Bonchev–Trinajstić information content (AvgIpc) is 2.62. The number of benzene rings is 1. The van der Waals surface area contributed by atoms with Crippen LogP contribution in [0.25, 0.3) is 0 Å². The van der Waals surface area contributed by atoms with Gasteiger partial charge in [0.25, 0.3) is 0 Å². The molecule has 0 spiro atoms. The Labute approximate surface area is 153 Å². The van der Waals surface area contributed by atoms with Crippen molar-refractivity contribution in [1.82, 2.24) is 0 Å². The highest BCUT2D eigenvalue weighted by atomic mass is 32.2. The molecule has 7 nitrogen and oxygen atoms in total. The van der Waals surface area contributed by atoms with Crippen molar-refractivity contribution in [2.75, 3.05) is 20.8 Å². The third-order valence-corrected chi connectivity index (χ3v) is 4.47. The van der Waals surface area contributed by atoms with Crippen molar-refractivity contribution < 1.29 is 39.7 Å². The average molecular weight is 412 g/mol. The minimum atomic E-state index is -6.17. The highest BCUT2D eigenvalue weighted by Gasteiger charge is 2.67. The summed E-state index contributed by atoms with van der Waals surface area (Å²) in [5.74, 6) is -4.53. The number of nitriles is 1. The summed E-state index contributed by atoms with van der Waals surface area (Å²) in [7, 11) is -3.62. The van der Waals surface area contributed by atoms with Crippen molar-refractivity contribution in [3.05, 3.63) is 29.8 Å². The quantitative estimate of drug-likeness (QED) is 0.254. The third-order valence-electron chi connectivity index (χ3n) is 3.28. The minimum absolute atomic E-state index is 0.00340. The number of hydrogen-bond acceptors (Lipinski definition) is 7. The van der Waals surface area contributed by atoms with Crippen LogP contribution in [0.2, 0.25) is 0 Å². The van der Waals surface area contributed by atoms with E-state index >= 15 is 0 Å². The first-order valence-electron chi connectivity index (χ1n) is 7.32. The lowest BCUT2D eigenvalue weighted by Crippen LogP contribution is -2.47. The van der Waals surface area contributed by atoms with E-state index in [1.165, 1.54) is 44.6 Å². The molecule has 0 unspecified atom stereocenters. The molecule has 27 heavy (non-hydrogen) atoms. The zero-order chi connectivity index (χ0) is 20.7. The molecule has 0 atom stereocenters. The van der Waals surface area contributed by atoms with Crippen LogP contribution in [-0.2, 0) is 19.1 Å². The van der Waals surface area contributed by atoms with Crippen LogP contribution >= 0.6 is 0 Å². The van der Waals surface area contributed by atoms with E-state index in [-0.39, 0.29) is 12.2 Å². The lowest BCUT2D eigenvalue weighted by atomic mass is 10.1. The fourth-order valence-electron chi connectivity index (χ4n) is 1.79. The highest BCUT2D eigenvalue weighted by molar-refractivity contribution is 7.87. The molecule has 0 saturated carbocycles. The topological polar surface area (TPSA) is 98.0 Å². The van der Waals surface area contributed by atoms with Crippen molar-refractivity contribution in [1.29, 1.82) is 5.26 Å². The summed E-state index contributed by atoms with van der Waals surface area (Å²) < 4.78 is 91.0. The van der Waals surface area contributed by atoms with Gasteiger partial charge in [-0.2, -0.15) is 31.2 Å². The summed E-state index contributed by atoms with van der Waals surface area (Å²) in [6, 6.07) is 6.74. The second-order valence-corrected chi connectivity index (χ2v) is 6.70. The highest BCUT2D eigenvalue weighted by Crippen LogP contribution is 2.42. The number of ether oxygens (including phenoxy) is 2. The van der Waals surface area contributed by atoms with E-state index in [1.807, 2.05) is 0 Å². The number of methoxy groups -OCH3 is 2. The predicted molar refractivity (Wildman–Crippen MR) is 86.2 cm³/mol. The lowest BCUT2D eigenvalue weighted by Gasteiger charge is -2.24. The molecule has 1 aromatic rings. The zero-order valence-electron chi connectivity index (χ0n) is 14.3. The van der Waals surface area contributed by atoms with Gasteiger partial charge < -0.3 is 9.47 Å². The number of alkyl halides is 4. The Bertz CT molecular complexity index is 804. The standard InChI is InChI=1S/C15H16F4N2O5S/c1-24-9-3-8-14(16,17)15(18,19)27(22,23)26-21-13(10-20)11-4-6-12(25-2)7-5-11/h4-7H,3,8-9H2,1-2H3/b21-13+. The summed E-state index contributed by atoms with van der Waals surface area (Å²) in [4.78, 5) is 0. The van der Waals surface area contributed by atoms with Crippen molar-refractivity contribution in [3.8, 4) is 11.8 Å². The first-order chi connectivity index (χ1) is 12.5. The van der Waals surface area contributed by atoms with Crippen LogP contribution in [0.5, 0.6) is 5.75 Å². The van der Waals surface area contributed by atoms with E-state index in [1.54, 1.807) is 0 Å². The minimum Gasteiger partial charge on any atom is -0.497 e. The van der Waals surface area contributed by atoms with E-state index in [0.717, 1.165) is 0 Å². The van der Waals surface area contributed by atoms with Gasteiger partial charge in [0.1, 0.15) is 11.8 Å². The van der Waals surface area contributed by atoms with Crippen LogP contribution in [0, 0.1) is 11.3 Å². The maximum absolute atomic E-state index is 13.8. The van der Waals surface area contributed by atoms with Crippen molar-refractivity contribution in [3.63, 3.8) is 0 Å². The molecule has 0 heterocycles. The predicted octanol–water partition coefficient (Wildman–Crippen LogP) is 2.92. The Kier molecular flexibility index (Phi) is 7.55. The maximum Gasteiger partial charge on any atom is 0.444 e. The Morgan fingerprint density at radius 1 is 1.19 bits per heavy atom. The van der Waals surface area contributed by atoms with Crippen LogP contribution in [-0.4, -0.2) is 46.1 Å². The Morgan fingerprint density at radius 2 is 1.78 bits per heavy atom. The van der Waals surface area contributed by atoms with Gasteiger partial charge in [-0.15, -0.1) is 0 Å². The van der Waals surface area contributed by atoms with Gasteiger partial charge in [-0.05, 0) is 30.7 Å². The molecular weight excluding hydrogens is 396 g/mol. The molecule has 0 fully saturated rings. The number of hydrogen-bond donors (Lipinski definition) is 0. The summed E-state index contributed by atoms with van der Waals surface area (Å²) in [5.41, 5.74) is -0.705. The van der Waals surface area contributed by atoms with Gasteiger partial charge in [0.05, 0.1) is 7.11 Å². The van der Waals surface area contributed by atoms with E-state index in [2.05, 4.69) is 14.2 Å². The largest absolute Gasteiger partial charge is 0.497 e. The van der Waals surface area contributed by atoms with Crippen LogP contribution in [0.3, 0.4) is 0 Å². The molecule has 0 radical (unpaired) electrons. The van der Waals surface area contributed by atoms with E-state index in [0.29, 0.717) is 5.75 Å². The van der Waals surface area contributed by atoms with Gasteiger partial charge in [-0.1, -0.05) is 5.16 Å². The number of rotatable bonds is 10. The maximum atomic E-state index is 13.8. The Balaban J connectivity index is 3.05. The smallest absolute Gasteiger partial charge is 0.444 e. The first kappa shape index (κ1) is 22.7. The number of nitrogens with zero attached hydrogens (tertiary/aromatic N) is 2. The molecule has 0 bridgehead atoms. The van der Waals surface area contributed by atoms with Gasteiger partial charge in [0, 0.05) is 25.7 Å². The molecule has 12 heteroatoms. The second-order valence-electron chi connectivity index (χ2n) is 5.13. The van der Waals surface area contributed by atoms with Gasteiger partial charge in [-0.3, -0.25) is 4.28 Å². The first-order valence-corrected chi connectivity index (χ1v) is 8.73. The van der Waals surface area contributed by atoms with Crippen LogP contribution in [0.15, 0.2) is 29.4 Å². The number of oxime groups is 1. The summed E-state index contributed by atoms with van der Waals surface area (Å²) in [5, 5.41) is 6.22. The van der Waals surface area contributed by atoms with E-state index in [9.17, 15) is 26.0 Å². The van der Waals surface area contributed by atoms with Gasteiger partial charge in [-0.25, -0.2) is 0 Å². The summed E-state index contributed by atoms with van der Waals surface area (Å²) in [6.07, 6.45) is -1.96. The van der Waals surface area contributed by atoms with Crippen LogP contribution < -0.4 is 4.74 Å². The molecule has 1 aromatic carbocycles. The van der Waals surface area contributed by atoms with E-state index in [4.69, 9.17) is 10.00 Å². The second kappa shape index (κ2) is 9.01. The van der Waals surface area contributed by atoms with Gasteiger partial charge >= 0.3 is 21.3 Å². The van der Waals surface area contributed by atoms with Gasteiger partial charge in [0.2, 0.25) is 0 Å². The monoisotopic (exact) mass is 412 g/mol. The van der Waals surface area contributed by atoms with Gasteiger partial charge in [0.15, 0.2) is 5.71 Å². The molecule has 150 valence electrons. The molecule has 0 amide bonds. The third kappa shape index (κ3) is 5.30. The molecule has 0 saturated heterocycles. The molecule has 0 aliphatic heterocycles. The lowest BCUT2D eigenvalue weighted by molar-refractivity contribution is -0.166. The van der Waals surface area contributed by atoms with Crippen molar-refractivity contribution >= 4 is 15.8 Å². The Hall–Kier alpha value is -2.39. The molecule has 0 aromatic heterocycles.